The van der Waals surface area contributed by atoms with Crippen LogP contribution in [0.15, 0.2) is 76.3 Å². The predicted octanol–water partition coefficient (Wildman–Crippen LogP) is 6.00. The lowest BCUT2D eigenvalue weighted by Crippen LogP contribution is -2.33. The topological polar surface area (TPSA) is 77.2 Å². The van der Waals surface area contributed by atoms with Crippen LogP contribution in [0.3, 0.4) is 0 Å². The normalized spacial score (nSPS) is 18.9. The highest BCUT2D eigenvalue weighted by molar-refractivity contribution is 9.10. The maximum Gasteiger partial charge on any atom is 0.269 e. The number of nitro benzene ring substituents is 1. The lowest BCUT2D eigenvalue weighted by molar-refractivity contribution is -0.385. The van der Waals surface area contributed by atoms with Crippen molar-refractivity contribution in [1.29, 1.82) is 0 Å². The molecule has 3 aromatic carbocycles. The van der Waals surface area contributed by atoms with E-state index in [-0.39, 0.29) is 11.7 Å². The molecular formula is C24H20BrN3O4. The molecular weight excluding hydrogens is 474 g/mol. The third-order valence-corrected chi connectivity index (χ3v) is 6.11. The highest BCUT2D eigenvalue weighted by Crippen LogP contribution is 2.48. The van der Waals surface area contributed by atoms with Crippen LogP contribution in [0.25, 0.3) is 0 Å². The van der Waals surface area contributed by atoms with Gasteiger partial charge in [-0.05, 0) is 55.0 Å². The minimum absolute atomic E-state index is 0.0270. The molecule has 2 unspecified atom stereocenters. The summed E-state index contributed by atoms with van der Waals surface area (Å²) in [4.78, 5) is 10.9. The Morgan fingerprint density at radius 1 is 1.19 bits per heavy atom. The molecule has 0 aliphatic carbocycles. The van der Waals surface area contributed by atoms with E-state index < -0.39 is 11.2 Å². The Hall–Kier alpha value is -3.39. The Kier molecular flexibility index (Phi) is 5.30. The van der Waals surface area contributed by atoms with Crippen LogP contribution < -0.4 is 9.47 Å². The van der Waals surface area contributed by atoms with Crippen molar-refractivity contribution in [1.82, 2.24) is 5.01 Å². The number of hydrogen-bond acceptors (Lipinski definition) is 6. The summed E-state index contributed by atoms with van der Waals surface area (Å²) < 4.78 is 12.8. The zero-order valence-corrected chi connectivity index (χ0v) is 18.9. The Bertz CT molecular complexity index is 1210. The van der Waals surface area contributed by atoms with Gasteiger partial charge in [-0.3, -0.25) is 10.1 Å². The first-order valence-electron chi connectivity index (χ1n) is 10.3. The fraction of sp³-hybridized carbons (Fsp3) is 0.208. The van der Waals surface area contributed by atoms with Gasteiger partial charge in [-0.1, -0.05) is 28.1 Å². The quantitative estimate of drug-likeness (QED) is 0.321. The minimum atomic E-state index is -0.561. The molecule has 0 spiro atoms. The SMILES string of the molecule is CCOc1ccc(C2=NN3C(C2)c2cc(Br)ccc2OC3c2cccc([N+](=O)[O-])c2)cc1. The van der Waals surface area contributed by atoms with Gasteiger partial charge in [0.15, 0.2) is 0 Å². The molecule has 0 saturated heterocycles. The van der Waals surface area contributed by atoms with Crippen LogP contribution in [0.5, 0.6) is 11.5 Å². The third-order valence-electron chi connectivity index (χ3n) is 5.62. The standard InChI is InChI=1S/C24H20BrN3O4/c1-2-31-19-9-6-15(7-10-19)21-14-22-20-13-17(25)8-11-23(20)32-24(27(22)26-21)16-4-3-5-18(12-16)28(29)30/h3-13,22,24H,2,14H2,1H3. The number of hydrogen-bond donors (Lipinski definition) is 0. The highest BCUT2D eigenvalue weighted by Gasteiger charge is 2.41. The predicted molar refractivity (Wildman–Crippen MR) is 124 cm³/mol. The summed E-state index contributed by atoms with van der Waals surface area (Å²) in [5, 5.41) is 18.2. The second-order valence-electron chi connectivity index (χ2n) is 7.61. The molecule has 32 heavy (non-hydrogen) atoms. The number of benzene rings is 3. The van der Waals surface area contributed by atoms with E-state index in [1.165, 1.54) is 6.07 Å². The van der Waals surface area contributed by atoms with Crippen LogP contribution >= 0.6 is 15.9 Å². The van der Waals surface area contributed by atoms with Crippen molar-refractivity contribution in [3.63, 3.8) is 0 Å². The van der Waals surface area contributed by atoms with E-state index in [0.717, 1.165) is 32.8 Å². The van der Waals surface area contributed by atoms with Crippen molar-refractivity contribution in [2.45, 2.75) is 25.6 Å². The fourth-order valence-corrected chi connectivity index (χ4v) is 4.53. The van der Waals surface area contributed by atoms with Gasteiger partial charge in [0.25, 0.3) is 5.69 Å². The largest absolute Gasteiger partial charge is 0.494 e. The van der Waals surface area contributed by atoms with Crippen molar-refractivity contribution in [2.24, 2.45) is 5.10 Å². The molecule has 2 aliphatic rings. The average molecular weight is 494 g/mol. The monoisotopic (exact) mass is 493 g/mol. The number of ether oxygens (including phenoxy) is 2. The lowest BCUT2D eigenvalue weighted by atomic mass is 9.96. The first-order valence-corrected chi connectivity index (χ1v) is 11.1. The Morgan fingerprint density at radius 2 is 2.00 bits per heavy atom. The van der Waals surface area contributed by atoms with Crippen LogP contribution in [-0.2, 0) is 0 Å². The van der Waals surface area contributed by atoms with Crippen LogP contribution in [0.4, 0.5) is 5.69 Å². The van der Waals surface area contributed by atoms with E-state index >= 15 is 0 Å². The summed E-state index contributed by atoms with van der Waals surface area (Å²) in [7, 11) is 0. The molecule has 3 aromatic rings. The molecule has 0 N–H and O–H groups in total. The van der Waals surface area contributed by atoms with Gasteiger partial charge < -0.3 is 9.47 Å². The number of halogens is 1. The minimum Gasteiger partial charge on any atom is -0.494 e. The first-order chi connectivity index (χ1) is 15.5. The number of nitro groups is 1. The highest BCUT2D eigenvalue weighted by atomic mass is 79.9. The summed E-state index contributed by atoms with van der Waals surface area (Å²) in [6.07, 6.45) is 0.139. The smallest absolute Gasteiger partial charge is 0.269 e. The van der Waals surface area contributed by atoms with Crippen LogP contribution in [0.2, 0.25) is 0 Å². The number of non-ortho nitro benzene ring substituents is 1. The van der Waals surface area contributed by atoms with Crippen LogP contribution in [0, 0.1) is 10.1 Å². The van der Waals surface area contributed by atoms with E-state index in [4.69, 9.17) is 14.6 Å². The Balaban J connectivity index is 1.56. The number of rotatable bonds is 5. The van der Waals surface area contributed by atoms with Crippen molar-refractivity contribution < 1.29 is 14.4 Å². The summed E-state index contributed by atoms with van der Waals surface area (Å²) in [5.41, 5.74) is 3.70. The lowest BCUT2D eigenvalue weighted by Gasteiger charge is -2.38. The van der Waals surface area contributed by atoms with Crippen molar-refractivity contribution in [2.75, 3.05) is 6.61 Å². The third kappa shape index (κ3) is 3.71. The second kappa shape index (κ2) is 8.27. The number of nitrogens with zero attached hydrogens (tertiary/aromatic N) is 3. The molecule has 162 valence electrons. The van der Waals surface area contributed by atoms with Crippen LogP contribution in [0.1, 0.15) is 42.3 Å². The van der Waals surface area contributed by atoms with Gasteiger partial charge in [0.05, 0.1) is 23.3 Å². The molecule has 0 radical (unpaired) electrons. The number of hydrazone groups is 1. The average Bonchev–Trinajstić information content (AvgIpc) is 3.25. The molecule has 8 heteroatoms. The van der Waals surface area contributed by atoms with Gasteiger partial charge in [0.1, 0.15) is 11.5 Å². The zero-order chi connectivity index (χ0) is 22.2. The maximum absolute atomic E-state index is 11.3. The van der Waals surface area contributed by atoms with E-state index in [1.807, 2.05) is 60.5 Å². The van der Waals surface area contributed by atoms with Gasteiger partial charge in [-0.2, -0.15) is 5.10 Å². The summed E-state index contributed by atoms with van der Waals surface area (Å²) in [6, 6.07) is 20.3. The zero-order valence-electron chi connectivity index (χ0n) is 17.3. The van der Waals surface area contributed by atoms with Crippen molar-refractivity contribution in [3.8, 4) is 11.5 Å². The Morgan fingerprint density at radius 3 is 2.75 bits per heavy atom. The van der Waals surface area contributed by atoms with Crippen LogP contribution in [-0.4, -0.2) is 22.3 Å². The van der Waals surface area contributed by atoms with Gasteiger partial charge in [0, 0.05) is 34.2 Å². The van der Waals surface area contributed by atoms with Gasteiger partial charge in [0.2, 0.25) is 6.23 Å². The summed E-state index contributed by atoms with van der Waals surface area (Å²) >= 11 is 3.56. The van der Waals surface area contributed by atoms with Gasteiger partial charge in [-0.15, -0.1) is 0 Å². The summed E-state index contributed by atoms with van der Waals surface area (Å²) in [6.45, 7) is 2.57. The molecule has 0 amide bonds. The molecule has 5 rings (SSSR count). The number of fused-ring (bicyclic) bond motifs is 3. The van der Waals surface area contributed by atoms with E-state index in [2.05, 4.69) is 15.9 Å². The van der Waals surface area contributed by atoms with E-state index in [9.17, 15) is 10.1 Å². The van der Waals surface area contributed by atoms with Crippen molar-refractivity contribution in [3.05, 3.63) is 98.0 Å². The van der Waals surface area contributed by atoms with Gasteiger partial charge >= 0.3 is 0 Å². The molecule has 7 nitrogen and oxygen atoms in total. The Labute approximate surface area is 193 Å². The first kappa shape index (κ1) is 20.5. The molecule has 2 atom stereocenters. The molecule has 0 fully saturated rings. The fourth-order valence-electron chi connectivity index (χ4n) is 4.15. The van der Waals surface area contributed by atoms with E-state index in [1.54, 1.807) is 12.1 Å². The maximum atomic E-state index is 11.3. The molecule has 0 saturated carbocycles. The molecule has 2 aliphatic heterocycles. The van der Waals surface area contributed by atoms with Crippen molar-refractivity contribution >= 4 is 27.3 Å². The molecule has 2 heterocycles. The second-order valence-corrected chi connectivity index (χ2v) is 8.52. The molecule has 0 aromatic heterocycles. The van der Waals surface area contributed by atoms with Gasteiger partial charge in [-0.25, -0.2) is 5.01 Å². The van der Waals surface area contributed by atoms with E-state index in [0.29, 0.717) is 18.6 Å². The summed E-state index contributed by atoms with van der Waals surface area (Å²) in [5.74, 6) is 1.58. The molecule has 0 bridgehead atoms.